The predicted molar refractivity (Wildman–Crippen MR) is 48.6 cm³/mol. The summed E-state index contributed by atoms with van der Waals surface area (Å²) >= 11 is 0. The molecular weight excluding hydrogens is 166 g/mol. The number of aliphatic hydroxyl groups is 1. The maximum atomic E-state index is 9.42. The summed E-state index contributed by atoms with van der Waals surface area (Å²) in [4.78, 5) is 4.37. The SMILES string of the molecule is CC(C)c1nc2c(o1)CCC(O)C2. The molecule has 1 unspecified atom stereocenters. The molecule has 0 fully saturated rings. The van der Waals surface area contributed by atoms with Crippen LogP contribution < -0.4 is 0 Å². The zero-order valence-corrected chi connectivity index (χ0v) is 8.08. The van der Waals surface area contributed by atoms with E-state index in [1.165, 1.54) is 0 Å². The van der Waals surface area contributed by atoms with Gasteiger partial charge in [0.25, 0.3) is 0 Å². The number of aromatic nitrogens is 1. The topological polar surface area (TPSA) is 46.3 Å². The first-order valence-corrected chi connectivity index (χ1v) is 4.83. The third kappa shape index (κ3) is 1.61. The van der Waals surface area contributed by atoms with Crippen molar-refractivity contribution in [2.45, 2.75) is 45.1 Å². The molecule has 0 spiro atoms. The first kappa shape index (κ1) is 8.75. The molecule has 3 nitrogen and oxygen atoms in total. The van der Waals surface area contributed by atoms with Crippen molar-refractivity contribution in [2.75, 3.05) is 0 Å². The van der Waals surface area contributed by atoms with Crippen molar-refractivity contribution in [1.82, 2.24) is 4.98 Å². The van der Waals surface area contributed by atoms with Crippen molar-refractivity contribution in [2.24, 2.45) is 0 Å². The van der Waals surface area contributed by atoms with Crippen LogP contribution >= 0.6 is 0 Å². The molecule has 1 heterocycles. The van der Waals surface area contributed by atoms with Gasteiger partial charge < -0.3 is 9.52 Å². The van der Waals surface area contributed by atoms with Gasteiger partial charge in [0.2, 0.25) is 0 Å². The highest BCUT2D eigenvalue weighted by atomic mass is 16.4. The van der Waals surface area contributed by atoms with Crippen molar-refractivity contribution in [1.29, 1.82) is 0 Å². The predicted octanol–water partition coefficient (Wildman–Crippen LogP) is 1.65. The van der Waals surface area contributed by atoms with Gasteiger partial charge in [-0.15, -0.1) is 0 Å². The van der Waals surface area contributed by atoms with Gasteiger partial charge in [-0.3, -0.25) is 0 Å². The molecule has 1 aromatic rings. The number of hydrogen-bond donors (Lipinski definition) is 1. The number of oxazole rings is 1. The largest absolute Gasteiger partial charge is 0.445 e. The molecule has 1 aromatic heterocycles. The molecule has 0 bridgehead atoms. The fraction of sp³-hybridized carbons (Fsp3) is 0.700. The molecule has 13 heavy (non-hydrogen) atoms. The fourth-order valence-corrected chi connectivity index (χ4v) is 1.63. The lowest BCUT2D eigenvalue weighted by atomic mass is 9.99. The molecule has 0 saturated carbocycles. The molecular formula is C10H15NO2. The van der Waals surface area contributed by atoms with E-state index in [-0.39, 0.29) is 6.10 Å². The lowest BCUT2D eigenvalue weighted by molar-refractivity contribution is 0.153. The van der Waals surface area contributed by atoms with E-state index >= 15 is 0 Å². The Labute approximate surface area is 77.8 Å². The van der Waals surface area contributed by atoms with Gasteiger partial charge in [-0.25, -0.2) is 4.98 Å². The molecule has 1 atom stereocenters. The van der Waals surface area contributed by atoms with Crippen LogP contribution in [0.15, 0.2) is 4.42 Å². The number of rotatable bonds is 1. The van der Waals surface area contributed by atoms with Gasteiger partial charge in [-0.2, -0.15) is 0 Å². The number of aliphatic hydroxyl groups excluding tert-OH is 1. The molecule has 3 heteroatoms. The Balaban J connectivity index is 2.28. The zero-order chi connectivity index (χ0) is 9.42. The Kier molecular flexibility index (Phi) is 2.12. The van der Waals surface area contributed by atoms with Gasteiger partial charge in [0.05, 0.1) is 11.8 Å². The fourth-order valence-electron chi connectivity index (χ4n) is 1.63. The van der Waals surface area contributed by atoms with Crippen LogP contribution in [0.2, 0.25) is 0 Å². The minimum Gasteiger partial charge on any atom is -0.445 e. The summed E-state index contributed by atoms with van der Waals surface area (Å²) in [5.74, 6) is 2.12. The van der Waals surface area contributed by atoms with Crippen LogP contribution in [0.25, 0.3) is 0 Å². The molecule has 0 amide bonds. The van der Waals surface area contributed by atoms with Crippen LogP contribution in [0.5, 0.6) is 0 Å². The minimum atomic E-state index is -0.224. The zero-order valence-electron chi connectivity index (χ0n) is 8.08. The maximum absolute atomic E-state index is 9.42. The summed E-state index contributed by atoms with van der Waals surface area (Å²) in [6, 6.07) is 0. The van der Waals surface area contributed by atoms with Crippen molar-refractivity contribution in [3.05, 3.63) is 17.3 Å². The van der Waals surface area contributed by atoms with Crippen molar-refractivity contribution in [3.8, 4) is 0 Å². The van der Waals surface area contributed by atoms with Gasteiger partial charge in [0.15, 0.2) is 5.89 Å². The number of nitrogens with zero attached hydrogens (tertiary/aromatic N) is 1. The highest BCUT2D eigenvalue weighted by Gasteiger charge is 2.22. The van der Waals surface area contributed by atoms with E-state index in [1.54, 1.807) is 0 Å². The van der Waals surface area contributed by atoms with E-state index in [9.17, 15) is 5.11 Å². The molecule has 1 N–H and O–H groups in total. The smallest absolute Gasteiger partial charge is 0.197 e. The van der Waals surface area contributed by atoms with Gasteiger partial charge >= 0.3 is 0 Å². The number of aryl methyl sites for hydroxylation is 1. The quantitative estimate of drug-likeness (QED) is 0.716. The molecule has 0 saturated heterocycles. The molecule has 0 radical (unpaired) electrons. The van der Waals surface area contributed by atoms with Crippen LogP contribution in [0.1, 0.15) is 43.5 Å². The summed E-state index contributed by atoms with van der Waals surface area (Å²) in [5.41, 5.74) is 0.961. The lowest BCUT2D eigenvalue weighted by Gasteiger charge is -2.13. The Morgan fingerprint density at radius 3 is 3.00 bits per heavy atom. The van der Waals surface area contributed by atoms with Crippen LogP contribution in [0.4, 0.5) is 0 Å². The van der Waals surface area contributed by atoms with Gasteiger partial charge in [0, 0.05) is 18.8 Å². The van der Waals surface area contributed by atoms with E-state index in [0.717, 1.165) is 30.2 Å². The van der Waals surface area contributed by atoms with Crippen molar-refractivity contribution < 1.29 is 9.52 Å². The first-order valence-electron chi connectivity index (χ1n) is 4.83. The van der Waals surface area contributed by atoms with Crippen LogP contribution in [0, 0.1) is 0 Å². The monoisotopic (exact) mass is 181 g/mol. The van der Waals surface area contributed by atoms with E-state index in [1.807, 2.05) is 0 Å². The molecule has 72 valence electrons. The lowest BCUT2D eigenvalue weighted by Crippen LogP contribution is -2.17. The summed E-state index contributed by atoms with van der Waals surface area (Å²) in [6.07, 6.45) is 2.07. The molecule has 0 aliphatic heterocycles. The molecule has 1 aliphatic carbocycles. The average Bonchev–Trinajstić information content (AvgIpc) is 2.46. The summed E-state index contributed by atoms with van der Waals surface area (Å²) < 4.78 is 5.59. The molecule has 2 rings (SSSR count). The highest BCUT2D eigenvalue weighted by molar-refractivity contribution is 5.15. The van der Waals surface area contributed by atoms with Crippen molar-refractivity contribution >= 4 is 0 Å². The van der Waals surface area contributed by atoms with E-state index in [2.05, 4.69) is 18.8 Å². The second-order valence-corrected chi connectivity index (χ2v) is 3.97. The van der Waals surface area contributed by atoms with Gasteiger partial charge in [-0.05, 0) is 6.42 Å². The summed E-state index contributed by atoms with van der Waals surface area (Å²) in [7, 11) is 0. The first-order chi connectivity index (χ1) is 6.16. The third-order valence-corrected chi connectivity index (χ3v) is 2.42. The summed E-state index contributed by atoms with van der Waals surface area (Å²) in [6.45, 7) is 4.13. The standard InChI is InChI=1S/C10H15NO2/c1-6(2)10-11-8-5-7(12)3-4-9(8)13-10/h6-7,12H,3-5H2,1-2H3. The maximum Gasteiger partial charge on any atom is 0.197 e. The molecule has 1 aliphatic rings. The minimum absolute atomic E-state index is 0.224. The Morgan fingerprint density at radius 2 is 2.31 bits per heavy atom. The normalized spacial score (nSPS) is 22.0. The Morgan fingerprint density at radius 1 is 1.54 bits per heavy atom. The van der Waals surface area contributed by atoms with Gasteiger partial charge in [0.1, 0.15) is 5.76 Å². The van der Waals surface area contributed by atoms with E-state index in [4.69, 9.17) is 4.42 Å². The van der Waals surface area contributed by atoms with Crippen molar-refractivity contribution in [3.63, 3.8) is 0 Å². The molecule has 0 aromatic carbocycles. The van der Waals surface area contributed by atoms with Crippen LogP contribution in [0.3, 0.4) is 0 Å². The third-order valence-electron chi connectivity index (χ3n) is 2.42. The second-order valence-electron chi connectivity index (χ2n) is 3.97. The van der Waals surface area contributed by atoms with Crippen LogP contribution in [-0.4, -0.2) is 16.2 Å². The Bertz CT molecular complexity index is 304. The highest BCUT2D eigenvalue weighted by Crippen LogP contribution is 2.25. The second kappa shape index (κ2) is 3.14. The van der Waals surface area contributed by atoms with Crippen LogP contribution in [-0.2, 0) is 12.8 Å². The average molecular weight is 181 g/mol. The van der Waals surface area contributed by atoms with Gasteiger partial charge in [-0.1, -0.05) is 13.8 Å². The van der Waals surface area contributed by atoms with E-state index < -0.39 is 0 Å². The Hall–Kier alpha value is -0.830. The summed E-state index contributed by atoms with van der Waals surface area (Å²) in [5, 5.41) is 9.42. The number of fused-ring (bicyclic) bond motifs is 1. The van der Waals surface area contributed by atoms with E-state index in [0.29, 0.717) is 12.3 Å². The number of hydrogen-bond acceptors (Lipinski definition) is 3.